The number of carbonyl (C=O) groups excluding carboxylic acids is 2. The Morgan fingerprint density at radius 3 is 2.79 bits per heavy atom. The Kier molecular flexibility index (Phi) is 6.18. The van der Waals surface area contributed by atoms with Crippen molar-refractivity contribution in [3.63, 3.8) is 0 Å². The first kappa shape index (κ1) is 19.3. The van der Waals surface area contributed by atoms with E-state index in [0.717, 1.165) is 10.2 Å². The lowest BCUT2D eigenvalue weighted by Gasteiger charge is -2.08. The number of ether oxygens (including phenoxy) is 2. The average molecular weight is 398 g/mol. The van der Waals surface area contributed by atoms with Crippen molar-refractivity contribution in [1.82, 2.24) is 10.4 Å². The van der Waals surface area contributed by atoms with Crippen molar-refractivity contribution in [1.29, 1.82) is 0 Å². The minimum absolute atomic E-state index is 0.0475. The summed E-state index contributed by atoms with van der Waals surface area (Å²) in [5.41, 5.74) is 4.00. The van der Waals surface area contributed by atoms with Gasteiger partial charge in [-0.3, -0.25) is 9.59 Å². The van der Waals surface area contributed by atoms with Gasteiger partial charge in [-0.05, 0) is 35.9 Å². The number of para-hydroxylation sites is 1. The van der Waals surface area contributed by atoms with Crippen LogP contribution in [-0.4, -0.2) is 36.7 Å². The van der Waals surface area contributed by atoms with Gasteiger partial charge in [0.2, 0.25) is 0 Å². The maximum Gasteiger partial charge on any atom is 0.308 e. The summed E-state index contributed by atoms with van der Waals surface area (Å²) in [6, 6.07) is 12.7. The van der Waals surface area contributed by atoms with Crippen LogP contribution in [0.3, 0.4) is 0 Å². The highest BCUT2D eigenvalue weighted by molar-refractivity contribution is 7.22. The molecular weight excluding hydrogens is 380 g/mol. The number of nitrogens with zero attached hydrogens (tertiary/aromatic N) is 2. The number of esters is 1. The second-order valence-corrected chi connectivity index (χ2v) is 6.67. The Morgan fingerprint density at radius 2 is 2.04 bits per heavy atom. The number of rotatable bonds is 7. The second kappa shape index (κ2) is 8.96. The molecular formula is C19H18N4O4S. The molecule has 1 aromatic heterocycles. The van der Waals surface area contributed by atoms with E-state index in [1.54, 1.807) is 18.2 Å². The van der Waals surface area contributed by atoms with Gasteiger partial charge in [0.15, 0.2) is 16.6 Å². The molecule has 0 radical (unpaired) electrons. The summed E-state index contributed by atoms with van der Waals surface area (Å²) in [6.07, 6.45) is 1.47. The lowest BCUT2D eigenvalue weighted by atomic mass is 10.2. The van der Waals surface area contributed by atoms with Gasteiger partial charge in [0.05, 0.1) is 30.1 Å². The predicted molar refractivity (Wildman–Crippen MR) is 108 cm³/mol. The Hall–Kier alpha value is -3.46. The van der Waals surface area contributed by atoms with E-state index in [0.29, 0.717) is 22.2 Å². The quantitative estimate of drug-likeness (QED) is 0.275. The van der Waals surface area contributed by atoms with Gasteiger partial charge in [-0.2, -0.15) is 5.10 Å². The van der Waals surface area contributed by atoms with Crippen LogP contribution in [0.15, 0.2) is 47.6 Å². The maximum absolute atomic E-state index is 11.9. The van der Waals surface area contributed by atoms with Crippen molar-refractivity contribution in [3.05, 3.63) is 48.0 Å². The van der Waals surface area contributed by atoms with Crippen LogP contribution in [0.4, 0.5) is 5.13 Å². The number of aromatic nitrogens is 1. The first-order chi connectivity index (χ1) is 13.5. The van der Waals surface area contributed by atoms with Gasteiger partial charge in [-0.25, -0.2) is 10.4 Å². The number of thiazole rings is 1. The summed E-state index contributed by atoms with van der Waals surface area (Å²) in [5.74, 6) is -0.0363. The normalized spacial score (nSPS) is 10.8. The Balaban J connectivity index is 1.53. The van der Waals surface area contributed by atoms with Gasteiger partial charge in [0, 0.05) is 6.92 Å². The molecule has 0 aliphatic rings. The molecule has 2 N–H and O–H groups in total. The van der Waals surface area contributed by atoms with Crippen molar-refractivity contribution in [2.75, 3.05) is 19.0 Å². The minimum atomic E-state index is -0.437. The fourth-order valence-corrected chi connectivity index (χ4v) is 3.19. The van der Waals surface area contributed by atoms with Crippen LogP contribution in [0.5, 0.6) is 11.5 Å². The van der Waals surface area contributed by atoms with E-state index in [-0.39, 0.29) is 12.5 Å². The van der Waals surface area contributed by atoms with Crippen LogP contribution in [0.25, 0.3) is 10.2 Å². The van der Waals surface area contributed by atoms with E-state index >= 15 is 0 Å². The largest absolute Gasteiger partial charge is 0.493 e. The summed E-state index contributed by atoms with van der Waals surface area (Å²) >= 11 is 1.48. The summed E-state index contributed by atoms with van der Waals surface area (Å²) in [7, 11) is 1.47. The Morgan fingerprint density at radius 1 is 1.21 bits per heavy atom. The monoisotopic (exact) mass is 398 g/mol. The van der Waals surface area contributed by atoms with E-state index < -0.39 is 5.97 Å². The fourth-order valence-electron chi connectivity index (χ4n) is 2.33. The third-order valence-corrected chi connectivity index (χ3v) is 4.53. The molecule has 28 heavy (non-hydrogen) atoms. The van der Waals surface area contributed by atoms with Crippen molar-refractivity contribution in [3.8, 4) is 11.5 Å². The van der Waals surface area contributed by atoms with Crippen molar-refractivity contribution in [2.45, 2.75) is 6.92 Å². The lowest BCUT2D eigenvalue weighted by Crippen LogP contribution is -2.25. The average Bonchev–Trinajstić information content (AvgIpc) is 3.10. The number of fused-ring (bicyclic) bond motifs is 1. The SMILES string of the molecule is COc1cc(/C=N\NC(=O)CNc2nc3ccccc3s2)ccc1OC(C)=O. The zero-order valence-electron chi connectivity index (χ0n) is 15.3. The second-order valence-electron chi connectivity index (χ2n) is 5.64. The number of hydrogen-bond donors (Lipinski definition) is 2. The van der Waals surface area contributed by atoms with E-state index in [9.17, 15) is 9.59 Å². The molecule has 0 spiro atoms. The van der Waals surface area contributed by atoms with Gasteiger partial charge in [-0.1, -0.05) is 23.5 Å². The molecule has 0 unspecified atom stereocenters. The number of methoxy groups -OCH3 is 1. The molecule has 0 aliphatic carbocycles. The maximum atomic E-state index is 11.9. The molecule has 144 valence electrons. The highest BCUT2D eigenvalue weighted by Gasteiger charge is 2.08. The number of hydrazone groups is 1. The number of benzene rings is 2. The Bertz CT molecular complexity index is 999. The molecule has 0 bridgehead atoms. The third-order valence-electron chi connectivity index (χ3n) is 3.54. The topological polar surface area (TPSA) is 102 Å². The molecule has 0 fully saturated rings. The van der Waals surface area contributed by atoms with E-state index in [4.69, 9.17) is 9.47 Å². The minimum Gasteiger partial charge on any atom is -0.493 e. The highest BCUT2D eigenvalue weighted by atomic mass is 32.1. The number of carbonyl (C=O) groups is 2. The number of nitrogens with one attached hydrogen (secondary N) is 2. The van der Waals surface area contributed by atoms with E-state index in [2.05, 4.69) is 20.8 Å². The third kappa shape index (κ3) is 5.04. The predicted octanol–water partition coefficient (Wildman–Crippen LogP) is 2.79. The van der Waals surface area contributed by atoms with Crippen LogP contribution < -0.4 is 20.2 Å². The molecule has 0 saturated heterocycles. The zero-order valence-corrected chi connectivity index (χ0v) is 16.1. The molecule has 2 aromatic carbocycles. The van der Waals surface area contributed by atoms with Crippen LogP contribution in [-0.2, 0) is 9.59 Å². The van der Waals surface area contributed by atoms with Gasteiger partial charge < -0.3 is 14.8 Å². The molecule has 3 rings (SSSR count). The van der Waals surface area contributed by atoms with Crippen LogP contribution >= 0.6 is 11.3 Å². The van der Waals surface area contributed by atoms with Crippen LogP contribution in [0.1, 0.15) is 12.5 Å². The smallest absolute Gasteiger partial charge is 0.308 e. The zero-order chi connectivity index (χ0) is 19.9. The molecule has 8 nitrogen and oxygen atoms in total. The van der Waals surface area contributed by atoms with Gasteiger partial charge in [-0.15, -0.1) is 0 Å². The molecule has 1 heterocycles. The first-order valence-corrected chi connectivity index (χ1v) is 9.14. The summed E-state index contributed by atoms with van der Waals surface area (Å²) in [4.78, 5) is 27.4. The first-order valence-electron chi connectivity index (χ1n) is 8.33. The van der Waals surface area contributed by atoms with Crippen molar-refractivity contribution >= 4 is 44.8 Å². The molecule has 1 amide bonds. The summed E-state index contributed by atoms with van der Waals surface area (Å²) in [5, 5.41) is 7.57. The fraction of sp³-hybridized carbons (Fsp3) is 0.158. The van der Waals surface area contributed by atoms with E-state index in [1.807, 2.05) is 24.3 Å². The Labute approximate surface area is 165 Å². The van der Waals surface area contributed by atoms with Crippen LogP contribution in [0, 0.1) is 0 Å². The van der Waals surface area contributed by atoms with Gasteiger partial charge in [0.25, 0.3) is 5.91 Å². The van der Waals surface area contributed by atoms with Gasteiger partial charge in [0.1, 0.15) is 0 Å². The molecule has 9 heteroatoms. The molecule has 3 aromatic rings. The standard InChI is InChI=1S/C19H18N4O4S/c1-12(24)27-15-8-7-13(9-16(15)26-2)10-21-23-18(25)11-20-19-22-14-5-3-4-6-17(14)28-19/h3-10H,11H2,1-2H3,(H,20,22)(H,23,25)/b21-10-. The van der Waals surface area contributed by atoms with Crippen molar-refractivity contribution < 1.29 is 19.1 Å². The summed E-state index contributed by atoms with van der Waals surface area (Å²) in [6.45, 7) is 1.36. The molecule has 0 atom stereocenters. The molecule has 0 saturated carbocycles. The number of amides is 1. The lowest BCUT2D eigenvalue weighted by molar-refractivity contribution is -0.132. The van der Waals surface area contributed by atoms with Gasteiger partial charge >= 0.3 is 5.97 Å². The van der Waals surface area contributed by atoms with Crippen LogP contribution in [0.2, 0.25) is 0 Å². The summed E-state index contributed by atoms with van der Waals surface area (Å²) < 4.78 is 11.3. The number of anilines is 1. The van der Waals surface area contributed by atoms with E-state index in [1.165, 1.54) is 31.6 Å². The molecule has 0 aliphatic heterocycles. The van der Waals surface area contributed by atoms with Crippen molar-refractivity contribution in [2.24, 2.45) is 5.10 Å². The number of hydrogen-bond acceptors (Lipinski definition) is 8. The highest BCUT2D eigenvalue weighted by Crippen LogP contribution is 2.27.